The van der Waals surface area contributed by atoms with Gasteiger partial charge in [0.25, 0.3) is 5.56 Å². The van der Waals surface area contributed by atoms with Crippen molar-refractivity contribution in [3.8, 4) is 0 Å². The Kier molecular flexibility index (Phi) is 5.63. The van der Waals surface area contributed by atoms with Gasteiger partial charge in [0.2, 0.25) is 5.91 Å². The Labute approximate surface area is 183 Å². The molecule has 0 bridgehead atoms. The molecule has 0 spiro atoms. The molecule has 1 atom stereocenters. The molecule has 1 N–H and O–H groups in total. The zero-order chi connectivity index (χ0) is 21.5. The molecule has 4 heterocycles. The van der Waals surface area contributed by atoms with E-state index < -0.39 is 0 Å². The van der Waals surface area contributed by atoms with Crippen LogP contribution in [0.5, 0.6) is 0 Å². The fourth-order valence-corrected chi connectivity index (χ4v) is 5.88. The number of nitrogens with zero attached hydrogens (tertiary/aromatic N) is 4. The molecule has 2 aromatic heterocycles. The molecular weight excluding hydrogens is 390 g/mol. The smallest absolute Gasteiger partial charge is 0.272 e. The van der Waals surface area contributed by atoms with Gasteiger partial charge in [0.15, 0.2) is 5.65 Å². The topological polar surface area (TPSA) is 73.7 Å². The van der Waals surface area contributed by atoms with Crippen molar-refractivity contribution >= 4 is 11.6 Å². The Hall–Kier alpha value is -2.15. The van der Waals surface area contributed by atoms with E-state index in [2.05, 4.69) is 23.8 Å². The molecular formula is C24H35N5O2. The number of amides is 1. The molecule has 1 saturated carbocycles. The number of hydrogen-bond acceptors (Lipinski definition) is 4. The number of nitrogens with one attached hydrogen (secondary N) is 1. The Morgan fingerprint density at radius 2 is 1.77 bits per heavy atom. The molecule has 2 aliphatic heterocycles. The number of carbonyl (C=O) groups is 1. The Balaban J connectivity index is 1.38. The van der Waals surface area contributed by atoms with Crippen LogP contribution in [0, 0.1) is 5.92 Å². The van der Waals surface area contributed by atoms with E-state index in [9.17, 15) is 9.59 Å². The van der Waals surface area contributed by atoms with Crippen LogP contribution in [0.4, 0.5) is 0 Å². The first-order valence-electron chi connectivity index (χ1n) is 12.2. The van der Waals surface area contributed by atoms with E-state index in [0.717, 1.165) is 69.5 Å². The summed E-state index contributed by atoms with van der Waals surface area (Å²) < 4.78 is 1.55. The van der Waals surface area contributed by atoms with Crippen LogP contribution in [0.25, 0.3) is 5.65 Å². The minimum atomic E-state index is -0.0517. The van der Waals surface area contributed by atoms with E-state index in [4.69, 9.17) is 4.98 Å². The molecule has 2 aromatic rings. The third kappa shape index (κ3) is 3.93. The van der Waals surface area contributed by atoms with Gasteiger partial charge in [-0.05, 0) is 65.5 Å². The maximum absolute atomic E-state index is 13.1. The molecule has 1 aliphatic carbocycles. The van der Waals surface area contributed by atoms with Gasteiger partial charge in [0.05, 0.1) is 17.4 Å². The van der Waals surface area contributed by atoms with E-state index in [1.54, 1.807) is 10.6 Å². The van der Waals surface area contributed by atoms with Crippen LogP contribution in [-0.2, 0) is 4.79 Å². The van der Waals surface area contributed by atoms with E-state index in [0.29, 0.717) is 23.5 Å². The number of aromatic amines is 1. The van der Waals surface area contributed by atoms with Crippen LogP contribution < -0.4 is 5.56 Å². The predicted molar refractivity (Wildman–Crippen MR) is 120 cm³/mol. The fourth-order valence-electron chi connectivity index (χ4n) is 5.88. The van der Waals surface area contributed by atoms with Crippen molar-refractivity contribution < 1.29 is 4.79 Å². The lowest BCUT2D eigenvalue weighted by molar-refractivity contribution is -0.136. The molecule has 2 saturated heterocycles. The number of rotatable bonds is 4. The van der Waals surface area contributed by atoms with E-state index in [-0.39, 0.29) is 17.5 Å². The molecule has 3 fully saturated rings. The molecule has 31 heavy (non-hydrogen) atoms. The first-order chi connectivity index (χ1) is 15.0. The third-order valence-corrected chi connectivity index (χ3v) is 7.77. The van der Waals surface area contributed by atoms with Crippen molar-refractivity contribution in [2.45, 2.75) is 83.2 Å². The fraction of sp³-hybridized carbons (Fsp3) is 0.708. The molecule has 168 valence electrons. The van der Waals surface area contributed by atoms with Crippen LogP contribution in [-0.4, -0.2) is 56.0 Å². The molecule has 3 aliphatic rings. The van der Waals surface area contributed by atoms with Gasteiger partial charge in [-0.1, -0.05) is 12.8 Å². The van der Waals surface area contributed by atoms with E-state index in [1.165, 1.54) is 12.8 Å². The zero-order valence-electron chi connectivity index (χ0n) is 18.8. The largest absolute Gasteiger partial charge is 0.334 e. The van der Waals surface area contributed by atoms with E-state index in [1.807, 2.05) is 11.0 Å². The van der Waals surface area contributed by atoms with Crippen molar-refractivity contribution in [2.24, 2.45) is 5.92 Å². The Morgan fingerprint density at radius 3 is 2.48 bits per heavy atom. The second-order valence-electron chi connectivity index (χ2n) is 10.00. The average molecular weight is 426 g/mol. The number of carbonyl (C=O) groups excluding carboxylic acids is 1. The van der Waals surface area contributed by atoms with Crippen LogP contribution in [0.15, 0.2) is 16.9 Å². The number of aromatic nitrogens is 3. The molecule has 0 aromatic carbocycles. The molecule has 7 heteroatoms. The van der Waals surface area contributed by atoms with Gasteiger partial charge >= 0.3 is 0 Å². The SMILES string of the molecule is CC(C)N1CCC(c2cc(=O)n3[nH]c(C4CCCN4C(=O)C4CCCC4)cc3n2)CC1. The summed E-state index contributed by atoms with van der Waals surface area (Å²) in [5.74, 6) is 0.837. The third-order valence-electron chi connectivity index (χ3n) is 7.77. The summed E-state index contributed by atoms with van der Waals surface area (Å²) >= 11 is 0. The Bertz CT molecular complexity index is 995. The van der Waals surface area contributed by atoms with Crippen molar-refractivity contribution in [3.05, 3.63) is 33.9 Å². The highest BCUT2D eigenvalue weighted by molar-refractivity contribution is 5.79. The summed E-state index contributed by atoms with van der Waals surface area (Å²) in [7, 11) is 0. The molecule has 1 amide bonds. The van der Waals surface area contributed by atoms with Gasteiger partial charge < -0.3 is 9.80 Å². The maximum atomic E-state index is 13.1. The normalized spacial score (nSPS) is 24.1. The van der Waals surface area contributed by atoms with Gasteiger partial charge in [0.1, 0.15) is 0 Å². The highest BCUT2D eigenvalue weighted by Gasteiger charge is 2.36. The highest BCUT2D eigenvalue weighted by atomic mass is 16.2. The minimum absolute atomic E-state index is 0.0342. The first kappa shape index (κ1) is 20.7. The zero-order valence-corrected chi connectivity index (χ0v) is 18.8. The van der Waals surface area contributed by atoms with Crippen LogP contribution >= 0.6 is 0 Å². The number of piperidine rings is 1. The van der Waals surface area contributed by atoms with Crippen molar-refractivity contribution in [2.75, 3.05) is 19.6 Å². The van der Waals surface area contributed by atoms with E-state index >= 15 is 0 Å². The monoisotopic (exact) mass is 425 g/mol. The second-order valence-corrected chi connectivity index (χ2v) is 10.00. The van der Waals surface area contributed by atoms with Gasteiger partial charge in [0, 0.05) is 36.6 Å². The van der Waals surface area contributed by atoms with Crippen molar-refractivity contribution in [1.29, 1.82) is 0 Å². The lowest BCUT2D eigenvalue weighted by atomic mass is 9.92. The number of fused-ring (bicyclic) bond motifs is 1. The standard InChI is InChI=1S/C24H35N5O2/c1-16(2)27-12-9-17(10-13-27)19-15-23(30)29-22(25-19)14-20(26-29)21-8-5-11-28(21)24(31)18-6-3-4-7-18/h14-18,21,26H,3-13H2,1-2H3. The minimum Gasteiger partial charge on any atom is -0.334 e. The van der Waals surface area contributed by atoms with Crippen molar-refractivity contribution in [3.63, 3.8) is 0 Å². The summed E-state index contributed by atoms with van der Waals surface area (Å²) in [6.07, 6.45) is 8.43. The molecule has 1 unspecified atom stereocenters. The maximum Gasteiger partial charge on any atom is 0.272 e. The molecule has 0 radical (unpaired) electrons. The number of likely N-dealkylation sites (tertiary alicyclic amines) is 2. The van der Waals surface area contributed by atoms with Gasteiger partial charge in [-0.25, -0.2) is 9.50 Å². The van der Waals surface area contributed by atoms with Crippen LogP contribution in [0.1, 0.15) is 88.6 Å². The lowest BCUT2D eigenvalue weighted by Gasteiger charge is -2.34. The first-order valence-corrected chi connectivity index (χ1v) is 12.2. The molecule has 7 nitrogen and oxygen atoms in total. The summed E-state index contributed by atoms with van der Waals surface area (Å²) in [4.78, 5) is 35.4. The second kappa shape index (κ2) is 8.41. The molecule has 5 rings (SSSR count). The van der Waals surface area contributed by atoms with Gasteiger partial charge in [-0.15, -0.1) is 0 Å². The van der Waals surface area contributed by atoms with Gasteiger partial charge in [-0.3, -0.25) is 14.7 Å². The average Bonchev–Trinajstić information content (AvgIpc) is 3.53. The van der Waals surface area contributed by atoms with Gasteiger partial charge in [-0.2, -0.15) is 0 Å². The lowest BCUT2D eigenvalue weighted by Crippen LogP contribution is -2.38. The number of H-pyrrole nitrogens is 1. The predicted octanol–water partition coefficient (Wildman–Crippen LogP) is 3.46. The summed E-state index contributed by atoms with van der Waals surface area (Å²) in [5, 5.41) is 3.27. The quantitative estimate of drug-likeness (QED) is 0.814. The van der Waals surface area contributed by atoms with Crippen LogP contribution in [0.3, 0.4) is 0 Å². The summed E-state index contributed by atoms with van der Waals surface area (Å²) in [6, 6.07) is 4.31. The summed E-state index contributed by atoms with van der Waals surface area (Å²) in [6.45, 7) is 7.41. The van der Waals surface area contributed by atoms with Crippen molar-refractivity contribution in [1.82, 2.24) is 24.4 Å². The highest BCUT2D eigenvalue weighted by Crippen LogP contribution is 2.36. The van der Waals surface area contributed by atoms with Crippen LogP contribution in [0.2, 0.25) is 0 Å². The number of hydrogen-bond donors (Lipinski definition) is 1. The summed E-state index contributed by atoms with van der Waals surface area (Å²) in [5.41, 5.74) is 2.50. The Morgan fingerprint density at radius 1 is 1.03 bits per heavy atom.